The molecule has 0 saturated heterocycles. The monoisotopic (exact) mass is 323 g/mol. The van der Waals surface area contributed by atoms with E-state index in [-0.39, 0.29) is 5.91 Å². The van der Waals surface area contributed by atoms with Crippen molar-refractivity contribution >= 4 is 16.8 Å². The van der Waals surface area contributed by atoms with Crippen LogP contribution in [0, 0.1) is 13.8 Å². The number of aryl methyl sites for hydroxylation is 2. The van der Waals surface area contributed by atoms with Gasteiger partial charge in [0.15, 0.2) is 0 Å². The Kier molecular flexibility index (Phi) is 4.60. The van der Waals surface area contributed by atoms with Crippen molar-refractivity contribution < 1.29 is 9.32 Å². The number of rotatable bonds is 5. The van der Waals surface area contributed by atoms with Gasteiger partial charge < -0.3 is 9.42 Å². The second-order valence-electron chi connectivity index (χ2n) is 6.04. The number of benzene rings is 1. The third-order valence-electron chi connectivity index (χ3n) is 4.34. The standard InChI is InChI=1S/C19H21N3O2/c1-13-16(14(2)24-21-13)9-10-19(23)22(3)12-15-6-4-8-18-17(15)7-5-11-20-18/h4-8,11H,9-10,12H2,1-3H3. The highest BCUT2D eigenvalue weighted by atomic mass is 16.5. The predicted octanol–water partition coefficient (Wildman–Crippen LogP) is 3.43. The second-order valence-corrected chi connectivity index (χ2v) is 6.04. The molecule has 0 atom stereocenters. The Bertz CT molecular complexity index is 845. The highest BCUT2D eigenvalue weighted by Crippen LogP contribution is 2.19. The van der Waals surface area contributed by atoms with Crippen molar-refractivity contribution in [3.05, 3.63) is 59.1 Å². The first-order chi connectivity index (χ1) is 11.6. The molecule has 5 nitrogen and oxygen atoms in total. The van der Waals surface area contributed by atoms with Crippen LogP contribution in [0.3, 0.4) is 0 Å². The number of hydrogen-bond acceptors (Lipinski definition) is 4. The van der Waals surface area contributed by atoms with Gasteiger partial charge in [0, 0.05) is 37.2 Å². The van der Waals surface area contributed by atoms with Gasteiger partial charge >= 0.3 is 0 Å². The lowest BCUT2D eigenvalue weighted by molar-refractivity contribution is -0.130. The van der Waals surface area contributed by atoms with Crippen molar-refractivity contribution in [2.45, 2.75) is 33.2 Å². The summed E-state index contributed by atoms with van der Waals surface area (Å²) in [6.07, 6.45) is 2.88. The van der Waals surface area contributed by atoms with Crippen molar-refractivity contribution in [1.29, 1.82) is 0 Å². The maximum atomic E-state index is 12.5. The Morgan fingerprint density at radius 3 is 2.79 bits per heavy atom. The normalized spacial score (nSPS) is 11.0. The SMILES string of the molecule is Cc1noc(C)c1CCC(=O)N(C)Cc1cccc2ncccc12. The molecule has 0 aliphatic rings. The van der Waals surface area contributed by atoms with Crippen LogP contribution in [-0.4, -0.2) is 28.0 Å². The Morgan fingerprint density at radius 1 is 1.21 bits per heavy atom. The molecule has 0 N–H and O–H groups in total. The summed E-state index contributed by atoms with van der Waals surface area (Å²) >= 11 is 0. The molecule has 0 unspecified atom stereocenters. The number of fused-ring (bicyclic) bond motifs is 1. The summed E-state index contributed by atoms with van der Waals surface area (Å²) in [5.41, 5.74) is 3.95. The Morgan fingerprint density at radius 2 is 2.04 bits per heavy atom. The maximum Gasteiger partial charge on any atom is 0.222 e. The number of pyridine rings is 1. The maximum absolute atomic E-state index is 12.5. The molecule has 0 aliphatic heterocycles. The number of amides is 1. The van der Waals surface area contributed by atoms with Gasteiger partial charge in [0.1, 0.15) is 5.76 Å². The zero-order chi connectivity index (χ0) is 17.1. The molecule has 0 aliphatic carbocycles. The van der Waals surface area contributed by atoms with E-state index in [9.17, 15) is 4.79 Å². The van der Waals surface area contributed by atoms with Gasteiger partial charge in [-0.3, -0.25) is 9.78 Å². The molecule has 1 aromatic carbocycles. The topological polar surface area (TPSA) is 59.2 Å². The Labute approximate surface area is 141 Å². The molecular weight excluding hydrogens is 302 g/mol. The smallest absolute Gasteiger partial charge is 0.222 e. The van der Waals surface area contributed by atoms with Crippen LogP contribution in [0.1, 0.15) is 29.0 Å². The molecule has 0 fully saturated rings. The van der Waals surface area contributed by atoms with Crippen LogP contribution in [0.15, 0.2) is 41.1 Å². The number of hydrogen-bond donors (Lipinski definition) is 0. The van der Waals surface area contributed by atoms with E-state index in [1.165, 1.54) is 0 Å². The lowest BCUT2D eigenvalue weighted by Gasteiger charge is -2.18. The van der Waals surface area contributed by atoms with E-state index in [0.29, 0.717) is 19.4 Å². The minimum absolute atomic E-state index is 0.107. The van der Waals surface area contributed by atoms with E-state index >= 15 is 0 Å². The predicted molar refractivity (Wildman–Crippen MR) is 92.5 cm³/mol. The minimum atomic E-state index is 0.107. The molecule has 124 valence electrons. The van der Waals surface area contributed by atoms with Crippen molar-refractivity contribution in [2.75, 3.05) is 7.05 Å². The van der Waals surface area contributed by atoms with Gasteiger partial charge in [-0.25, -0.2) is 0 Å². The van der Waals surface area contributed by atoms with Gasteiger partial charge in [-0.1, -0.05) is 23.4 Å². The highest BCUT2D eigenvalue weighted by Gasteiger charge is 2.14. The molecule has 0 bridgehead atoms. The highest BCUT2D eigenvalue weighted by molar-refractivity contribution is 5.83. The van der Waals surface area contributed by atoms with Crippen LogP contribution in [-0.2, 0) is 17.8 Å². The van der Waals surface area contributed by atoms with Crippen LogP contribution < -0.4 is 0 Å². The van der Waals surface area contributed by atoms with Crippen molar-refractivity contribution in [3.63, 3.8) is 0 Å². The summed E-state index contributed by atoms with van der Waals surface area (Å²) in [5.74, 6) is 0.902. The van der Waals surface area contributed by atoms with E-state index in [2.05, 4.69) is 10.1 Å². The number of nitrogens with zero attached hydrogens (tertiary/aromatic N) is 3. The summed E-state index contributed by atoms with van der Waals surface area (Å²) in [6.45, 7) is 4.36. The second kappa shape index (κ2) is 6.83. The van der Waals surface area contributed by atoms with Gasteiger partial charge in [-0.2, -0.15) is 0 Å². The van der Waals surface area contributed by atoms with Crippen LogP contribution in [0.5, 0.6) is 0 Å². The molecule has 2 heterocycles. The van der Waals surface area contributed by atoms with Crippen molar-refractivity contribution in [3.8, 4) is 0 Å². The van der Waals surface area contributed by atoms with Gasteiger partial charge in [0.2, 0.25) is 5.91 Å². The fourth-order valence-corrected chi connectivity index (χ4v) is 2.93. The van der Waals surface area contributed by atoms with Crippen LogP contribution >= 0.6 is 0 Å². The van der Waals surface area contributed by atoms with Gasteiger partial charge in [0.25, 0.3) is 0 Å². The van der Waals surface area contributed by atoms with Crippen LogP contribution in [0.25, 0.3) is 10.9 Å². The van der Waals surface area contributed by atoms with Crippen LogP contribution in [0.4, 0.5) is 0 Å². The molecule has 0 saturated carbocycles. The molecule has 1 amide bonds. The van der Waals surface area contributed by atoms with E-state index < -0.39 is 0 Å². The molecule has 24 heavy (non-hydrogen) atoms. The van der Waals surface area contributed by atoms with Gasteiger partial charge in [0.05, 0.1) is 11.2 Å². The third-order valence-corrected chi connectivity index (χ3v) is 4.34. The minimum Gasteiger partial charge on any atom is -0.361 e. The Hall–Kier alpha value is -2.69. The van der Waals surface area contributed by atoms with Gasteiger partial charge in [-0.15, -0.1) is 0 Å². The van der Waals surface area contributed by atoms with E-state index in [4.69, 9.17) is 4.52 Å². The molecule has 0 radical (unpaired) electrons. The summed E-state index contributed by atoms with van der Waals surface area (Å²) in [7, 11) is 1.84. The molecule has 0 spiro atoms. The number of carbonyl (C=O) groups is 1. The van der Waals surface area contributed by atoms with Crippen LogP contribution in [0.2, 0.25) is 0 Å². The quantitative estimate of drug-likeness (QED) is 0.722. The first-order valence-corrected chi connectivity index (χ1v) is 8.04. The van der Waals surface area contributed by atoms with Gasteiger partial charge in [-0.05, 0) is 38.0 Å². The summed E-state index contributed by atoms with van der Waals surface area (Å²) in [5, 5.41) is 5.02. The summed E-state index contributed by atoms with van der Waals surface area (Å²) in [4.78, 5) is 18.6. The first kappa shape index (κ1) is 16.2. The summed E-state index contributed by atoms with van der Waals surface area (Å²) in [6, 6.07) is 9.97. The fraction of sp³-hybridized carbons (Fsp3) is 0.316. The van der Waals surface area contributed by atoms with E-state index in [1.807, 2.05) is 51.2 Å². The fourth-order valence-electron chi connectivity index (χ4n) is 2.93. The molecule has 3 aromatic rings. The van der Waals surface area contributed by atoms with Crippen molar-refractivity contribution in [2.24, 2.45) is 0 Å². The third kappa shape index (κ3) is 3.30. The molecule has 3 rings (SSSR count). The molecule has 5 heteroatoms. The zero-order valence-electron chi connectivity index (χ0n) is 14.2. The lowest BCUT2D eigenvalue weighted by Crippen LogP contribution is -2.26. The molecular formula is C19H21N3O2. The number of carbonyl (C=O) groups excluding carboxylic acids is 1. The van der Waals surface area contributed by atoms with Crippen molar-refractivity contribution in [1.82, 2.24) is 15.0 Å². The Balaban J connectivity index is 1.68. The largest absolute Gasteiger partial charge is 0.361 e. The molecule has 2 aromatic heterocycles. The zero-order valence-corrected chi connectivity index (χ0v) is 14.2. The average Bonchev–Trinajstić information content (AvgIpc) is 2.91. The first-order valence-electron chi connectivity index (χ1n) is 8.04. The van der Waals surface area contributed by atoms with E-state index in [1.54, 1.807) is 11.1 Å². The van der Waals surface area contributed by atoms with E-state index in [0.717, 1.165) is 33.5 Å². The summed E-state index contributed by atoms with van der Waals surface area (Å²) < 4.78 is 5.15. The lowest BCUT2D eigenvalue weighted by atomic mass is 10.1. The number of aromatic nitrogens is 2. The average molecular weight is 323 g/mol.